The molecule has 1 aromatic rings. The molecule has 0 aromatic heterocycles. The predicted molar refractivity (Wildman–Crippen MR) is 45.4 cm³/mol. The van der Waals surface area contributed by atoms with Gasteiger partial charge < -0.3 is 5.02 Å². The number of rotatable bonds is 2. The minimum atomic E-state index is -0.0128. The molecule has 0 saturated carbocycles. The van der Waals surface area contributed by atoms with Gasteiger partial charge in [-0.3, -0.25) is 4.79 Å². The monoisotopic (exact) mass is 148 g/mol. The van der Waals surface area contributed by atoms with Crippen LogP contribution in [0, 0.1) is 0 Å². The molecule has 1 N–H and O–H groups in total. The van der Waals surface area contributed by atoms with Gasteiger partial charge in [0.25, 0.3) is 0 Å². The normalized spacial score (nSPS) is 9.27. The van der Waals surface area contributed by atoms with Crippen molar-refractivity contribution in [3.05, 3.63) is 29.8 Å². The highest BCUT2D eigenvalue weighted by Gasteiger charge is 1.99. The fraction of sp³-hybridized carbons (Fsp3) is 0.125. The van der Waals surface area contributed by atoms with E-state index >= 15 is 0 Å². The molecule has 0 bridgehead atoms. The molecule has 0 aliphatic heterocycles. The molecule has 11 heavy (non-hydrogen) atoms. The molecular formula is C8H9BO2. The average Bonchev–Trinajstić information content (AvgIpc) is 2.05. The van der Waals surface area contributed by atoms with Crippen LogP contribution in [0.5, 0.6) is 0 Å². The predicted octanol–water partition coefficient (Wildman–Crippen LogP) is -0.142. The van der Waals surface area contributed by atoms with Crippen LogP contribution in [0.4, 0.5) is 0 Å². The van der Waals surface area contributed by atoms with E-state index in [9.17, 15) is 4.79 Å². The Morgan fingerprint density at radius 3 is 2.82 bits per heavy atom. The van der Waals surface area contributed by atoms with Gasteiger partial charge in [-0.05, 0) is 6.92 Å². The van der Waals surface area contributed by atoms with Crippen LogP contribution >= 0.6 is 0 Å². The molecule has 0 spiro atoms. The van der Waals surface area contributed by atoms with Gasteiger partial charge in [0.1, 0.15) is 0 Å². The van der Waals surface area contributed by atoms with E-state index in [1.807, 2.05) is 0 Å². The van der Waals surface area contributed by atoms with Crippen molar-refractivity contribution in [2.24, 2.45) is 0 Å². The number of ketones is 1. The lowest BCUT2D eigenvalue weighted by atomic mass is 9.87. The maximum Gasteiger partial charge on any atom is 0.304 e. The third kappa shape index (κ3) is 1.92. The van der Waals surface area contributed by atoms with Crippen LogP contribution in [0.2, 0.25) is 0 Å². The van der Waals surface area contributed by atoms with Crippen LogP contribution in [0.3, 0.4) is 0 Å². The Morgan fingerprint density at radius 2 is 2.27 bits per heavy atom. The molecule has 1 rings (SSSR count). The van der Waals surface area contributed by atoms with Gasteiger partial charge in [-0.15, -0.1) is 0 Å². The Kier molecular flexibility index (Phi) is 2.44. The Labute approximate surface area is 66.1 Å². The van der Waals surface area contributed by atoms with E-state index in [1.165, 1.54) is 6.92 Å². The van der Waals surface area contributed by atoms with Gasteiger partial charge >= 0.3 is 7.48 Å². The summed E-state index contributed by atoms with van der Waals surface area (Å²) in [4.78, 5) is 10.8. The van der Waals surface area contributed by atoms with Gasteiger partial charge in [-0.1, -0.05) is 29.7 Å². The molecule has 0 amide bonds. The largest absolute Gasteiger partial charge is 0.449 e. The quantitative estimate of drug-likeness (QED) is 0.468. The van der Waals surface area contributed by atoms with E-state index in [0.29, 0.717) is 5.56 Å². The summed E-state index contributed by atoms with van der Waals surface area (Å²) in [6, 6.07) is 6.98. The zero-order valence-corrected chi connectivity index (χ0v) is 6.37. The second-order valence-electron chi connectivity index (χ2n) is 2.41. The zero-order valence-electron chi connectivity index (χ0n) is 6.37. The van der Waals surface area contributed by atoms with Crippen molar-refractivity contribution in [2.75, 3.05) is 0 Å². The first-order chi connectivity index (χ1) is 5.24. The summed E-state index contributed by atoms with van der Waals surface area (Å²) in [6.07, 6.45) is 0. The highest BCUT2D eigenvalue weighted by Crippen LogP contribution is 1.96. The number of Topliss-reactive ketones (excluding diaryl/α,β-unsaturated/α-hetero) is 1. The van der Waals surface area contributed by atoms with E-state index in [4.69, 9.17) is 5.02 Å². The van der Waals surface area contributed by atoms with E-state index in [2.05, 4.69) is 0 Å². The zero-order chi connectivity index (χ0) is 8.27. The third-order valence-corrected chi connectivity index (χ3v) is 1.52. The van der Waals surface area contributed by atoms with Crippen LogP contribution in [-0.4, -0.2) is 18.3 Å². The highest BCUT2D eigenvalue weighted by molar-refractivity contribution is 6.45. The molecule has 56 valence electrons. The van der Waals surface area contributed by atoms with Crippen LogP contribution in [0.15, 0.2) is 24.3 Å². The van der Waals surface area contributed by atoms with Gasteiger partial charge in [0.2, 0.25) is 0 Å². The molecule has 2 nitrogen and oxygen atoms in total. The van der Waals surface area contributed by atoms with Crippen LogP contribution in [0.1, 0.15) is 17.3 Å². The molecule has 0 atom stereocenters. The Morgan fingerprint density at radius 1 is 1.55 bits per heavy atom. The second kappa shape index (κ2) is 3.35. The highest BCUT2D eigenvalue weighted by atomic mass is 16.2. The number of benzene rings is 1. The van der Waals surface area contributed by atoms with Gasteiger partial charge in [0.05, 0.1) is 0 Å². The number of carbonyl (C=O) groups is 1. The summed E-state index contributed by atoms with van der Waals surface area (Å²) < 4.78 is 0. The number of carbonyl (C=O) groups excluding carboxylic acids is 1. The van der Waals surface area contributed by atoms with Crippen molar-refractivity contribution in [3.8, 4) is 0 Å². The maximum absolute atomic E-state index is 10.8. The smallest absolute Gasteiger partial charge is 0.304 e. The standard InChI is InChI=1S/C8H9BO2/c1-6(10)7-3-2-4-8(5-7)9-11/h2-5,9,11H,1H3. The molecule has 0 unspecified atom stereocenters. The molecule has 3 heteroatoms. The second-order valence-corrected chi connectivity index (χ2v) is 2.41. The Hall–Kier alpha value is -1.09. The molecule has 0 aliphatic carbocycles. The van der Waals surface area contributed by atoms with Gasteiger partial charge in [-0.2, -0.15) is 0 Å². The fourth-order valence-corrected chi connectivity index (χ4v) is 0.889. The first kappa shape index (κ1) is 8.02. The minimum Gasteiger partial charge on any atom is -0.449 e. The SMILES string of the molecule is CC(=O)c1cccc(BO)c1. The van der Waals surface area contributed by atoms with Crippen LogP contribution in [-0.2, 0) is 0 Å². The van der Waals surface area contributed by atoms with Gasteiger partial charge in [0.15, 0.2) is 5.78 Å². The molecular weight excluding hydrogens is 139 g/mol. The molecule has 0 heterocycles. The molecule has 0 radical (unpaired) electrons. The lowest BCUT2D eigenvalue weighted by Gasteiger charge is -1.96. The summed E-state index contributed by atoms with van der Waals surface area (Å²) >= 11 is 0. The number of hydrogen-bond acceptors (Lipinski definition) is 2. The van der Waals surface area contributed by atoms with E-state index in [1.54, 1.807) is 24.3 Å². The topological polar surface area (TPSA) is 37.3 Å². The number of hydrogen-bond donors (Lipinski definition) is 1. The summed E-state index contributed by atoms with van der Waals surface area (Å²) in [5.74, 6) is 0.0281. The summed E-state index contributed by atoms with van der Waals surface area (Å²) in [5, 5.41) is 8.73. The Bertz CT molecular complexity index is 271. The first-order valence-electron chi connectivity index (χ1n) is 3.45. The van der Waals surface area contributed by atoms with Crippen molar-refractivity contribution in [1.29, 1.82) is 0 Å². The molecule has 0 fully saturated rings. The van der Waals surface area contributed by atoms with Crippen LogP contribution in [0.25, 0.3) is 0 Å². The van der Waals surface area contributed by atoms with Gasteiger partial charge in [-0.25, -0.2) is 0 Å². The van der Waals surface area contributed by atoms with Crippen molar-refractivity contribution in [3.63, 3.8) is 0 Å². The summed E-state index contributed by atoms with van der Waals surface area (Å²) in [7, 11) is -0.0128. The minimum absolute atomic E-state index is 0.0128. The lowest BCUT2D eigenvalue weighted by Crippen LogP contribution is -2.14. The van der Waals surface area contributed by atoms with Crippen molar-refractivity contribution >= 4 is 18.7 Å². The average molecular weight is 148 g/mol. The van der Waals surface area contributed by atoms with Crippen molar-refractivity contribution < 1.29 is 9.82 Å². The summed E-state index contributed by atoms with van der Waals surface area (Å²) in [5.41, 5.74) is 1.43. The van der Waals surface area contributed by atoms with E-state index in [-0.39, 0.29) is 13.3 Å². The van der Waals surface area contributed by atoms with Crippen LogP contribution < -0.4 is 5.46 Å². The van der Waals surface area contributed by atoms with E-state index < -0.39 is 0 Å². The lowest BCUT2D eigenvalue weighted by molar-refractivity contribution is 0.101. The van der Waals surface area contributed by atoms with Gasteiger partial charge in [0, 0.05) is 5.56 Å². The maximum atomic E-state index is 10.8. The molecule has 1 aromatic carbocycles. The Balaban J connectivity index is 3.01. The summed E-state index contributed by atoms with van der Waals surface area (Å²) in [6.45, 7) is 1.51. The first-order valence-corrected chi connectivity index (χ1v) is 3.45. The third-order valence-electron chi connectivity index (χ3n) is 1.52. The van der Waals surface area contributed by atoms with Crippen molar-refractivity contribution in [2.45, 2.75) is 6.92 Å². The van der Waals surface area contributed by atoms with E-state index in [0.717, 1.165) is 5.46 Å². The molecule has 0 aliphatic rings. The molecule has 0 saturated heterocycles. The fourth-order valence-electron chi connectivity index (χ4n) is 0.889. The van der Waals surface area contributed by atoms with Crippen molar-refractivity contribution in [1.82, 2.24) is 0 Å².